The second kappa shape index (κ2) is 5.10. The Morgan fingerprint density at radius 1 is 0.947 bits per heavy atom. The number of rotatable bonds is 3. The average Bonchev–Trinajstić information content (AvgIpc) is 2.69. The smallest absolute Gasteiger partial charge is 0.121 e. The zero-order valence-electron chi connectivity index (χ0n) is 10.1. The quantitative estimate of drug-likeness (QED) is 0.592. The number of halogens is 2. The van der Waals surface area contributed by atoms with Crippen LogP contribution in [-0.2, 0) is 11.3 Å². The van der Waals surface area contributed by atoms with Gasteiger partial charge in [-0.1, -0.05) is 31.9 Å². The monoisotopic (exact) mass is 379 g/mol. The van der Waals surface area contributed by atoms with E-state index in [1.54, 1.807) is 0 Å². The molecule has 0 amide bonds. The Morgan fingerprint density at radius 3 is 1.95 bits per heavy atom. The zero-order valence-corrected chi connectivity index (χ0v) is 13.2. The summed E-state index contributed by atoms with van der Waals surface area (Å²) in [6, 6.07) is 12.5. The van der Waals surface area contributed by atoms with E-state index in [1.165, 1.54) is 10.8 Å². The van der Waals surface area contributed by atoms with Gasteiger partial charge in [-0.15, -0.1) is 0 Å². The van der Waals surface area contributed by atoms with E-state index in [1.807, 2.05) is 12.1 Å². The van der Waals surface area contributed by atoms with Crippen molar-refractivity contribution in [3.8, 4) is 0 Å². The minimum atomic E-state index is 0.533. The van der Waals surface area contributed by atoms with Gasteiger partial charge in [0.05, 0.1) is 0 Å². The van der Waals surface area contributed by atoms with Crippen molar-refractivity contribution in [3.63, 3.8) is 0 Å². The summed E-state index contributed by atoms with van der Waals surface area (Å²) in [6.45, 7) is 0.715. The van der Waals surface area contributed by atoms with Crippen LogP contribution in [0.2, 0.25) is 0 Å². The molecule has 96 valence electrons. The molecule has 1 aromatic heterocycles. The van der Waals surface area contributed by atoms with Gasteiger partial charge in [-0.2, -0.15) is 0 Å². The number of carbonyl (C=O) groups excluding carboxylic acids is 1. The molecule has 4 heteroatoms. The Kier molecular flexibility index (Phi) is 3.46. The van der Waals surface area contributed by atoms with Crippen LogP contribution in [0.1, 0.15) is 6.42 Å². The fourth-order valence-corrected chi connectivity index (χ4v) is 3.19. The van der Waals surface area contributed by atoms with Crippen molar-refractivity contribution in [1.29, 1.82) is 0 Å². The molecule has 2 aromatic carbocycles. The van der Waals surface area contributed by atoms with Crippen LogP contribution in [-0.4, -0.2) is 10.9 Å². The summed E-state index contributed by atoms with van der Waals surface area (Å²) in [6.07, 6.45) is 1.50. The van der Waals surface area contributed by atoms with Crippen molar-refractivity contribution in [2.75, 3.05) is 0 Å². The molecule has 0 unspecified atom stereocenters. The van der Waals surface area contributed by atoms with Crippen molar-refractivity contribution < 1.29 is 4.79 Å². The van der Waals surface area contributed by atoms with Crippen LogP contribution in [0, 0.1) is 0 Å². The molecule has 1 heterocycles. The van der Waals surface area contributed by atoms with E-state index in [-0.39, 0.29) is 0 Å². The second-order valence-corrected chi connectivity index (χ2v) is 6.26. The first-order valence-electron chi connectivity index (χ1n) is 6.01. The molecule has 3 rings (SSSR count). The normalized spacial score (nSPS) is 11.3. The summed E-state index contributed by atoms with van der Waals surface area (Å²) in [5.74, 6) is 0. The molecule has 0 spiro atoms. The molecule has 3 aromatic rings. The van der Waals surface area contributed by atoms with Gasteiger partial charge in [0.25, 0.3) is 0 Å². The fraction of sp³-hybridized carbons (Fsp3) is 0.133. The maximum absolute atomic E-state index is 10.7. The summed E-state index contributed by atoms with van der Waals surface area (Å²) >= 11 is 7.04. The largest absolute Gasteiger partial charge is 0.340 e. The first-order chi connectivity index (χ1) is 9.20. The molecule has 19 heavy (non-hydrogen) atoms. The van der Waals surface area contributed by atoms with Gasteiger partial charge in [0.1, 0.15) is 6.29 Å². The van der Waals surface area contributed by atoms with E-state index in [0.717, 1.165) is 26.3 Å². The second-order valence-electron chi connectivity index (χ2n) is 4.43. The number of fused-ring (bicyclic) bond motifs is 3. The van der Waals surface area contributed by atoms with E-state index in [4.69, 9.17) is 0 Å². The lowest BCUT2D eigenvalue weighted by Crippen LogP contribution is -1.97. The van der Waals surface area contributed by atoms with Crippen molar-refractivity contribution in [3.05, 3.63) is 45.3 Å². The van der Waals surface area contributed by atoms with Crippen molar-refractivity contribution in [2.24, 2.45) is 0 Å². The highest BCUT2D eigenvalue weighted by atomic mass is 79.9. The minimum Gasteiger partial charge on any atom is -0.340 e. The lowest BCUT2D eigenvalue weighted by molar-refractivity contribution is -0.108. The van der Waals surface area contributed by atoms with Gasteiger partial charge in [0.15, 0.2) is 0 Å². The number of aromatic nitrogens is 1. The standard InChI is InChI=1S/C15H11Br2NO/c16-10-2-4-14-12(8-10)13-9-11(17)3-5-15(13)18(14)6-1-7-19/h2-5,7-9H,1,6H2. The predicted octanol–water partition coefficient (Wildman–Crippen LogP) is 4.91. The highest BCUT2D eigenvalue weighted by Crippen LogP contribution is 2.33. The Hall–Kier alpha value is -1.13. The van der Waals surface area contributed by atoms with Gasteiger partial charge < -0.3 is 9.36 Å². The summed E-state index contributed by atoms with van der Waals surface area (Å²) in [5.41, 5.74) is 2.33. The summed E-state index contributed by atoms with van der Waals surface area (Å²) in [7, 11) is 0. The number of hydrogen-bond acceptors (Lipinski definition) is 1. The Morgan fingerprint density at radius 2 is 1.47 bits per heavy atom. The third kappa shape index (κ3) is 2.23. The van der Waals surface area contributed by atoms with E-state index >= 15 is 0 Å². The van der Waals surface area contributed by atoms with Crippen LogP contribution in [0.5, 0.6) is 0 Å². The molecule has 0 bridgehead atoms. The van der Waals surface area contributed by atoms with Crippen molar-refractivity contribution >= 4 is 60.0 Å². The van der Waals surface area contributed by atoms with Crippen LogP contribution < -0.4 is 0 Å². The van der Waals surface area contributed by atoms with Crippen LogP contribution in [0.15, 0.2) is 45.3 Å². The third-order valence-corrected chi connectivity index (χ3v) is 4.25. The number of carbonyl (C=O) groups is 1. The van der Waals surface area contributed by atoms with E-state index in [2.05, 4.69) is 60.7 Å². The topological polar surface area (TPSA) is 22.0 Å². The summed E-state index contributed by atoms with van der Waals surface area (Å²) in [5, 5.41) is 2.41. The Balaban J connectivity index is 2.39. The highest BCUT2D eigenvalue weighted by molar-refractivity contribution is 9.10. The summed E-state index contributed by atoms with van der Waals surface area (Å²) < 4.78 is 4.33. The molecule has 2 nitrogen and oxygen atoms in total. The molecule has 0 atom stereocenters. The van der Waals surface area contributed by atoms with E-state index in [0.29, 0.717) is 13.0 Å². The molecule has 0 aliphatic rings. The van der Waals surface area contributed by atoms with Crippen LogP contribution in [0.3, 0.4) is 0 Å². The van der Waals surface area contributed by atoms with Crippen molar-refractivity contribution in [2.45, 2.75) is 13.0 Å². The Bertz CT molecular complexity index is 717. The molecule has 0 saturated heterocycles. The number of benzene rings is 2. The number of hydrogen-bond donors (Lipinski definition) is 0. The molecular weight excluding hydrogens is 370 g/mol. The van der Waals surface area contributed by atoms with Crippen LogP contribution in [0.4, 0.5) is 0 Å². The predicted molar refractivity (Wildman–Crippen MR) is 85.5 cm³/mol. The molecule has 0 fully saturated rings. The van der Waals surface area contributed by atoms with Gasteiger partial charge in [-0.05, 0) is 36.4 Å². The maximum Gasteiger partial charge on any atom is 0.121 e. The third-order valence-electron chi connectivity index (χ3n) is 3.26. The SMILES string of the molecule is O=CCCn1c2ccc(Br)cc2c2cc(Br)ccc21. The van der Waals surface area contributed by atoms with Gasteiger partial charge in [-0.25, -0.2) is 0 Å². The number of nitrogens with zero attached hydrogens (tertiary/aromatic N) is 1. The van der Waals surface area contributed by atoms with Gasteiger partial charge in [0.2, 0.25) is 0 Å². The molecule has 0 radical (unpaired) electrons. The van der Waals surface area contributed by atoms with Crippen LogP contribution >= 0.6 is 31.9 Å². The summed E-state index contributed by atoms with van der Waals surface area (Å²) in [4.78, 5) is 10.7. The molecule has 0 saturated carbocycles. The molecule has 0 aliphatic heterocycles. The lowest BCUT2D eigenvalue weighted by Gasteiger charge is -2.04. The fourth-order valence-electron chi connectivity index (χ4n) is 2.47. The zero-order chi connectivity index (χ0) is 13.4. The Labute approximate surface area is 127 Å². The van der Waals surface area contributed by atoms with Crippen molar-refractivity contribution in [1.82, 2.24) is 4.57 Å². The number of aryl methyl sites for hydroxylation is 1. The van der Waals surface area contributed by atoms with E-state index in [9.17, 15) is 4.79 Å². The average molecular weight is 381 g/mol. The minimum absolute atomic E-state index is 0.533. The lowest BCUT2D eigenvalue weighted by atomic mass is 10.2. The molecule has 0 N–H and O–H groups in total. The molecule has 0 aliphatic carbocycles. The first-order valence-corrected chi connectivity index (χ1v) is 7.60. The number of aldehydes is 1. The van der Waals surface area contributed by atoms with E-state index < -0.39 is 0 Å². The van der Waals surface area contributed by atoms with Gasteiger partial charge in [0, 0.05) is 43.7 Å². The van der Waals surface area contributed by atoms with Gasteiger partial charge >= 0.3 is 0 Å². The first kappa shape index (κ1) is 12.9. The molecular formula is C15H11Br2NO. The van der Waals surface area contributed by atoms with Crippen LogP contribution in [0.25, 0.3) is 21.8 Å². The maximum atomic E-state index is 10.7. The highest BCUT2D eigenvalue weighted by Gasteiger charge is 2.10. The van der Waals surface area contributed by atoms with Gasteiger partial charge in [-0.3, -0.25) is 0 Å².